The lowest BCUT2D eigenvalue weighted by atomic mass is 9.86. The van der Waals surface area contributed by atoms with Crippen molar-refractivity contribution in [3.8, 4) is 0 Å². The van der Waals surface area contributed by atoms with Crippen LogP contribution in [0.15, 0.2) is 53.4 Å². The van der Waals surface area contributed by atoms with Gasteiger partial charge in [0.2, 0.25) is 0 Å². The van der Waals surface area contributed by atoms with Crippen LogP contribution in [0.3, 0.4) is 0 Å². The molecule has 0 aromatic heterocycles. The van der Waals surface area contributed by atoms with E-state index in [0.29, 0.717) is 6.42 Å². The Labute approximate surface area is 128 Å². The van der Waals surface area contributed by atoms with Crippen LogP contribution in [0.2, 0.25) is 0 Å². The van der Waals surface area contributed by atoms with Crippen molar-refractivity contribution >= 4 is 23.4 Å². The fourth-order valence-corrected chi connectivity index (χ4v) is 3.94. The molecule has 0 saturated carbocycles. The molecule has 1 aliphatic rings. The maximum atomic E-state index is 12.1. The minimum Gasteiger partial charge on any atom is -0.479 e. The van der Waals surface area contributed by atoms with E-state index in [0.717, 1.165) is 27.5 Å². The highest BCUT2D eigenvalue weighted by Gasteiger charge is 2.44. The van der Waals surface area contributed by atoms with Gasteiger partial charge >= 0.3 is 5.97 Å². The van der Waals surface area contributed by atoms with E-state index >= 15 is 0 Å². The zero-order valence-corrected chi connectivity index (χ0v) is 12.6. The van der Waals surface area contributed by atoms with Crippen LogP contribution >= 0.6 is 11.8 Å². The highest BCUT2D eigenvalue weighted by molar-refractivity contribution is 7.99. The van der Waals surface area contributed by atoms with Crippen molar-refractivity contribution in [2.24, 2.45) is 0 Å². The van der Waals surface area contributed by atoms with Gasteiger partial charge in [-0.2, -0.15) is 0 Å². The third-order valence-corrected chi connectivity index (χ3v) is 5.01. The Balaban J connectivity index is 2.11. The minimum absolute atomic E-state index is 0.568. The van der Waals surface area contributed by atoms with Gasteiger partial charge in [0.25, 0.3) is 0 Å². The highest BCUT2D eigenvalue weighted by Crippen LogP contribution is 2.42. The van der Waals surface area contributed by atoms with E-state index in [9.17, 15) is 9.90 Å². The largest absolute Gasteiger partial charge is 0.479 e. The molecule has 1 unspecified atom stereocenters. The summed E-state index contributed by atoms with van der Waals surface area (Å²) in [6.45, 7) is 1.99. The second-order valence-corrected chi connectivity index (χ2v) is 6.38. The zero-order valence-electron chi connectivity index (χ0n) is 11.8. The first kappa shape index (κ1) is 14.0. The Morgan fingerprint density at radius 2 is 1.90 bits per heavy atom. The molecule has 108 valence electrons. The minimum atomic E-state index is -1.05. The molecule has 0 amide bonds. The summed E-state index contributed by atoms with van der Waals surface area (Å²) in [6, 6.07) is 15.6. The molecule has 1 atom stereocenters. The number of hydrogen-bond donors (Lipinski definition) is 2. The number of aryl methyl sites for hydroxylation is 1. The number of aliphatic carboxylic acids is 1. The summed E-state index contributed by atoms with van der Waals surface area (Å²) in [5, 5.41) is 13.2. The standard InChI is InChI=1S/C17H17NO2S/c1-12-6-2-4-8-14(12)18-17(16(19)20)10-11-21-15-9-5-3-7-13(15)17/h2-9,18H,10-11H2,1H3,(H,19,20). The highest BCUT2D eigenvalue weighted by atomic mass is 32.2. The van der Waals surface area contributed by atoms with E-state index in [1.165, 1.54) is 0 Å². The fraction of sp³-hybridized carbons (Fsp3) is 0.235. The quantitative estimate of drug-likeness (QED) is 0.903. The molecule has 1 heterocycles. The molecule has 2 aromatic rings. The number of carboxylic acids is 1. The van der Waals surface area contributed by atoms with Crippen molar-refractivity contribution in [3.05, 3.63) is 59.7 Å². The predicted molar refractivity (Wildman–Crippen MR) is 85.9 cm³/mol. The molecule has 0 saturated heterocycles. The number of para-hydroxylation sites is 1. The van der Waals surface area contributed by atoms with Crippen molar-refractivity contribution in [3.63, 3.8) is 0 Å². The molecule has 4 heteroatoms. The van der Waals surface area contributed by atoms with Gasteiger partial charge < -0.3 is 10.4 Å². The van der Waals surface area contributed by atoms with Gasteiger partial charge in [-0.1, -0.05) is 36.4 Å². The summed E-state index contributed by atoms with van der Waals surface area (Å²) in [7, 11) is 0. The van der Waals surface area contributed by atoms with Crippen LogP contribution in [0.5, 0.6) is 0 Å². The monoisotopic (exact) mass is 299 g/mol. The van der Waals surface area contributed by atoms with Gasteiger partial charge in [0.15, 0.2) is 5.54 Å². The van der Waals surface area contributed by atoms with Crippen molar-refractivity contribution < 1.29 is 9.90 Å². The van der Waals surface area contributed by atoms with Crippen molar-refractivity contribution in [1.29, 1.82) is 0 Å². The first-order chi connectivity index (χ1) is 10.1. The number of benzene rings is 2. The van der Waals surface area contributed by atoms with Crippen molar-refractivity contribution in [2.75, 3.05) is 11.1 Å². The smallest absolute Gasteiger partial charge is 0.334 e. The predicted octanol–water partition coefficient (Wildman–Crippen LogP) is 3.88. The molecule has 2 N–H and O–H groups in total. The molecular formula is C17H17NO2S. The lowest BCUT2D eigenvalue weighted by molar-refractivity contribution is -0.143. The van der Waals surface area contributed by atoms with Crippen molar-refractivity contribution in [1.82, 2.24) is 0 Å². The van der Waals surface area contributed by atoms with E-state index in [1.54, 1.807) is 11.8 Å². The number of carboxylic acid groups (broad SMARTS) is 1. The van der Waals surface area contributed by atoms with Crippen LogP contribution in [-0.4, -0.2) is 16.8 Å². The number of nitrogens with one attached hydrogen (secondary N) is 1. The Bertz CT molecular complexity index is 686. The van der Waals surface area contributed by atoms with Crippen LogP contribution in [0.4, 0.5) is 5.69 Å². The summed E-state index contributed by atoms with van der Waals surface area (Å²) >= 11 is 1.72. The maximum absolute atomic E-state index is 12.1. The van der Waals surface area contributed by atoms with Gasteiger partial charge in [-0.25, -0.2) is 4.79 Å². The van der Waals surface area contributed by atoms with Gasteiger partial charge in [-0.3, -0.25) is 0 Å². The van der Waals surface area contributed by atoms with Crippen LogP contribution in [-0.2, 0) is 10.3 Å². The number of thioether (sulfide) groups is 1. The molecule has 1 aliphatic heterocycles. The van der Waals surface area contributed by atoms with Crippen LogP contribution < -0.4 is 5.32 Å². The SMILES string of the molecule is Cc1ccccc1NC1(C(=O)O)CCSc2ccccc21. The van der Waals surface area contributed by atoms with E-state index in [2.05, 4.69) is 5.32 Å². The number of rotatable bonds is 3. The van der Waals surface area contributed by atoms with E-state index in [1.807, 2.05) is 55.5 Å². The van der Waals surface area contributed by atoms with E-state index < -0.39 is 11.5 Å². The molecule has 0 fully saturated rings. The summed E-state index contributed by atoms with van der Waals surface area (Å²) in [6.07, 6.45) is 0.568. The number of hydrogen-bond acceptors (Lipinski definition) is 3. The fourth-order valence-electron chi connectivity index (χ4n) is 2.74. The van der Waals surface area contributed by atoms with Gasteiger partial charge in [0, 0.05) is 21.9 Å². The Morgan fingerprint density at radius 3 is 2.67 bits per heavy atom. The lowest BCUT2D eigenvalue weighted by Crippen LogP contribution is -2.46. The molecular weight excluding hydrogens is 282 g/mol. The van der Waals surface area contributed by atoms with Gasteiger partial charge in [0.05, 0.1) is 0 Å². The number of anilines is 1. The Morgan fingerprint density at radius 1 is 1.19 bits per heavy atom. The summed E-state index contributed by atoms with van der Waals surface area (Å²) in [4.78, 5) is 13.1. The molecule has 3 rings (SSSR count). The molecule has 21 heavy (non-hydrogen) atoms. The Hall–Kier alpha value is -1.94. The van der Waals surface area contributed by atoms with Crippen LogP contribution in [0.1, 0.15) is 17.5 Å². The Kier molecular flexibility index (Phi) is 3.64. The maximum Gasteiger partial charge on any atom is 0.334 e. The topological polar surface area (TPSA) is 49.3 Å². The third kappa shape index (κ3) is 2.40. The normalized spacial score (nSPS) is 20.6. The van der Waals surface area contributed by atoms with E-state index in [-0.39, 0.29) is 0 Å². The van der Waals surface area contributed by atoms with E-state index in [4.69, 9.17) is 0 Å². The number of carbonyl (C=O) groups is 1. The van der Waals surface area contributed by atoms with Crippen LogP contribution in [0, 0.1) is 6.92 Å². The average molecular weight is 299 g/mol. The summed E-state index contributed by atoms with van der Waals surface area (Å²) in [5.41, 5.74) is 1.74. The van der Waals surface area contributed by atoms with Crippen molar-refractivity contribution in [2.45, 2.75) is 23.8 Å². The first-order valence-electron chi connectivity index (χ1n) is 6.93. The summed E-state index contributed by atoms with van der Waals surface area (Å²) < 4.78 is 0. The molecule has 0 bridgehead atoms. The average Bonchev–Trinajstić information content (AvgIpc) is 2.49. The molecule has 0 aliphatic carbocycles. The van der Waals surface area contributed by atoms with Gasteiger partial charge in [0.1, 0.15) is 0 Å². The van der Waals surface area contributed by atoms with Gasteiger partial charge in [-0.15, -0.1) is 11.8 Å². The molecule has 3 nitrogen and oxygen atoms in total. The lowest BCUT2D eigenvalue weighted by Gasteiger charge is -2.37. The molecule has 0 spiro atoms. The third-order valence-electron chi connectivity index (χ3n) is 3.94. The molecule has 0 radical (unpaired) electrons. The summed E-state index contributed by atoms with van der Waals surface area (Å²) in [5.74, 6) is -0.0270. The second-order valence-electron chi connectivity index (χ2n) is 5.25. The zero-order chi connectivity index (χ0) is 14.9. The second kappa shape index (κ2) is 5.45. The van der Waals surface area contributed by atoms with Gasteiger partial charge in [-0.05, 0) is 31.0 Å². The van der Waals surface area contributed by atoms with Crippen LogP contribution in [0.25, 0.3) is 0 Å². The number of fused-ring (bicyclic) bond motifs is 1. The first-order valence-corrected chi connectivity index (χ1v) is 7.91. The molecule has 2 aromatic carbocycles.